The van der Waals surface area contributed by atoms with Crippen LogP contribution in [0.5, 0.6) is 0 Å². The van der Waals surface area contributed by atoms with Crippen LogP contribution in [0, 0.1) is 0 Å². The molecule has 4 nitrogen and oxygen atoms in total. The van der Waals surface area contributed by atoms with E-state index < -0.39 is 0 Å². The zero-order chi connectivity index (χ0) is 12.1. The third kappa shape index (κ3) is 5.34. The third-order valence-corrected chi connectivity index (χ3v) is 3.74. The van der Waals surface area contributed by atoms with Crippen molar-refractivity contribution < 1.29 is 5.11 Å². The Morgan fingerprint density at radius 2 is 2.06 bits per heavy atom. The molecule has 2 rings (SSSR count). The minimum Gasteiger partial charge on any atom is -0.390 e. The molecule has 1 heterocycles. The fourth-order valence-electron chi connectivity index (χ4n) is 2.42. The average molecular weight is 241 g/mol. The predicted molar refractivity (Wildman–Crippen MR) is 70.2 cm³/mol. The summed E-state index contributed by atoms with van der Waals surface area (Å²) < 4.78 is 0. The summed E-state index contributed by atoms with van der Waals surface area (Å²) >= 11 is 0. The number of nitrogens with zero attached hydrogens (tertiary/aromatic N) is 2. The van der Waals surface area contributed by atoms with Gasteiger partial charge in [-0.25, -0.2) is 0 Å². The van der Waals surface area contributed by atoms with E-state index in [1.54, 1.807) is 0 Å². The molecule has 0 aromatic carbocycles. The largest absolute Gasteiger partial charge is 0.390 e. The van der Waals surface area contributed by atoms with Gasteiger partial charge >= 0.3 is 0 Å². The van der Waals surface area contributed by atoms with Gasteiger partial charge in [0.2, 0.25) is 0 Å². The van der Waals surface area contributed by atoms with E-state index in [9.17, 15) is 5.11 Å². The van der Waals surface area contributed by atoms with Gasteiger partial charge in [0, 0.05) is 32.2 Å². The molecule has 1 unspecified atom stereocenters. The molecule has 1 aliphatic heterocycles. The zero-order valence-corrected chi connectivity index (χ0v) is 11.1. The van der Waals surface area contributed by atoms with Crippen LogP contribution in [-0.2, 0) is 0 Å². The van der Waals surface area contributed by atoms with Gasteiger partial charge in [-0.1, -0.05) is 0 Å². The Morgan fingerprint density at radius 1 is 1.35 bits per heavy atom. The van der Waals surface area contributed by atoms with Gasteiger partial charge in [0.15, 0.2) is 0 Å². The third-order valence-electron chi connectivity index (χ3n) is 3.74. The number of rotatable bonds is 8. The number of likely N-dealkylation sites (tertiary alicyclic amines) is 1. The lowest BCUT2D eigenvalue weighted by atomic mass is 10.3. The first-order chi connectivity index (χ1) is 8.24. The number of hydrogen-bond donors (Lipinski definition) is 2. The molecule has 0 aromatic heterocycles. The van der Waals surface area contributed by atoms with E-state index in [4.69, 9.17) is 0 Å². The Kier molecular flexibility index (Phi) is 5.22. The first kappa shape index (κ1) is 13.3. The van der Waals surface area contributed by atoms with Crippen molar-refractivity contribution in [3.63, 3.8) is 0 Å². The van der Waals surface area contributed by atoms with E-state index in [1.165, 1.54) is 38.8 Å². The first-order valence-corrected chi connectivity index (χ1v) is 7.06. The molecule has 0 bridgehead atoms. The fraction of sp³-hybridized carbons (Fsp3) is 1.00. The Balaban J connectivity index is 1.50. The van der Waals surface area contributed by atoms with Gasteiger partial charge in [-0.3, -0.25) is 0 Å². The highest BCUT2D eigenvalue weighted by atomic mass is 16.3. The number of aliphatic hydroxyl groups is 1. The molecule has 4 heteroatoms. The maximum atomic E-state index is 9.87. The number of hydrogen-bond acceptors (Lipinski definition) is 4. The SMILES string of the molecule is CN(CCN1CCCC1)CC(O)CNC1CC1. The summed E-state index contributed by atoms with van der Waals surface area (Å²) in [7, 11) is 2.11. The highest BCUT2D eigenvalue weighted by molar-refractivity contribution is 4.82. The lowest BCUT2D eigenvalue weighted by Crippen LogP contribution is -2.40. The lowest BCUT2D eigenvalue weighted by molar-refractivity contribution is 0.118. The van der Waals surface area contributed by atoms with Gasteiger partial charge in [0.05, 0.1) is 6.10 Å². The molecular weight excluding hydrogens is 214 g/mol. The molecule has 2 aliphatic rings. The van der Waals surface area contributed by atoms with Crippen LogP contribution in [0.3, 0.4) is 0 Å². The second-order valence-corrected chi connectivity index (χ2v) is 5.65. The summed E-state index contributed by atoms with van der Waals surface area (Å²) in [5, 5.41) is 13.2. The monoisotopic (exact) mass is 241 g/mol. The summed E-state index contributed by atoms with van der Waals surface area (Å²) in [6.45, 7) is 6.28. The van der Waals surface area contributed by atoms with Crippen molar-refractivity contribution in [3.8, 4) is 0 Å². The molecule has 0 spiro atoms. The van der Waals surface area contributed by atoms with Crippen LogP contribution >= 0.6 is 0 Å². The Labute approximate surface area is 105 Å². The average Bonchev–Trinajstić information content (AvgIpc) is 2.99. The van der Waals surface area contributed by atoms with Gasteiger partial charge in [-0.15, -0.1) is 0 Å². The van der Waals surface area contributed by atoms with Gasteiger partial charge < -0.3 is 20.2 Å². The molecule has 1 atom stereocenters. The summed E-state index contributed by atoms with van der Waals surface area (Å²) in [5.74, 6) is 0. The van der Waals surface area contributed by atoms with E-state index in [-0.39, 0.29) is 6.10 Å². The molecule has 100 valence electrons. The van der Waals surface area contributed by atoms with Crippen LogP contribution in [0.1, 0.15) is 25.7 Å². The van der Waals surface area contributed by atoms with Crippen molar-refractivity contribution >= 4 is 0 Å². The highest BCUT2D eigenvalue weighted by Gasteiger charge is 2.21. The van der Waals surface area contributed by atoms with Crippen molar-refractivity contribution in [3.05, 3.63) is 0 Å². The topological polar surface area (TPSA) is 38.7 Å². The fourth-order valence-corrected chi connectivity index (χ4v) is 2.42. The molecule has 0 radical (unpaired) electrons. The van der Waals surface area contributed by atoms with Crippen LogP contribution in [0.4, 0.5) is 0 Å². The van der Waals surface area contributed by atoms with E-state index in [0.717, 1.165) is 26.2 Å². The Morgan fingerprint density at radius 3 is 2.71 bits per heavy atom. The van der Waals surface area contributed by atoms with E-state index in [1.807, 2.05) is 0 Å². The van der Waals surface area contributed by atoms with Gasteiger partial charge in [0.25, 0.3) is 0 Å². The Bertz CT molecular complexity index is 215. The quantitative estimate of drug-likeness (QED) is 0.633. The van der Waals surface area contributed by atoms with E-state index in [2.05, 4.69) is 22.2 Å². The lowest BCUT2D eigenvalue weighted by Gasteiger charge is -2.23. The molecular formula is C13H27N3O. The molecule has 2 N–H and O–H groups in total. The molecule has 0 aromatic rings. The maximum absolute atomic E-state index is 9.87. The van der Waals surface area contributed by atoms with Crippen LogP contribution in [0.25, 0.3) is 0 Å². The van der Waals surface area contributed by atoms with E-state index >= 15 is 0 Å². The minimum absolute atomic E-state index is 0.223. The van der Waals surface area contributed by atoms with Crippen LogP contribution < -0.4 is 5.32 Å². The summed E-state index contributed by atoms with van der Waals surface area (Å²) in [6.07, 6.45) is 5.07. The van der Waals surface area contributed by atoms with Crippen molar-refractivity contribution in [1.29, 1.82) is 0 Å². The van der Waals surface area contributed by atoms with Gasteiger partial charge in [0.1, 0.15) is 0 Å². The predicted octanol–water partition coefficient (Wildman–Crippen LogP) is 0.127. The minimum atomic E-state index is -0.223. The second kappa shape index (κ2) is 6.69. The number of nitrogens with one attached hydrogen (secondary N) is 1. The zero-order valence-electron chi connectivity index (χ0n) is 11.1. The van der Waals surface area contributed by atoms with Gasteiger partial charge in [-0.2, -0.15) is 0 Å². The first-order valence-electron chi connectivity index (χ1n) is 7.06. The Hall–Kier alpha value is -0.160. The summed E-state index contributed by atoms with van der Waals surface area (Å²) in [4.78, 5) is 4.77. The molecule has 0 amide bonds. The summed E-state index contributed by atoms with van der Waals surface area (Å²) in [5.41, 5.74) is 0. The molecule has 17 heavy (non-hydrogen) atoms. The van der Waals surface area contributed by atoms with Crippen molar-refractivity contribution in [2.75, 3.05) is 46.3 Å². The highest BCUT2D eigenvalue weighted by Crippen LogP contribution is 2.18. The second-order valence-electron chi connectivity index (χ2n) is 5.65. The van der Waals surface area contributed by atoms with Crippen molar-refractivity contribution in [1.82, 2.24) is 15.1 Å². The number of aliphatic hydroxyl groups excluding tert-OH is 1. The van der Waals surface area contributed by atoms with Gasteiger partial charge in [-0.05, 0) is 45.8 Å². The maximum Gasteiger partial charge on any atom is 0.0791 e. The van der Waals surface area contributed by atoms with Crippen molar-refractivity contribution in [2.24, 2.45) is 0 Å². The van der Waals surface area contributed by atoms with E-state index in [0.29, 0.717) is 6.04 Å². The molecule has 1 saturated heterocycles. The van der Waals surface area contributed by atoms with Crippen LogP contribution in [0.2, 0.25) is 0 Å². The van der Waals surface area contributed by atoms with Crippen LogP contribution in [-0.4, -0.2) is 73.4 Å². The molecule has 2 fully saturated rings. The smallest absolute Gasteiger partial charge is 0.0791 e. The molecule has 1 aliphatic carbocycles. The number of likely N-dealkylation sites (N-methyl/N-ethyl adjacent to an activating group) is 1. The molecule has 1 saturated carbocycles. The normalized spacial score (nSPS) is 23.5. The summed E-state index contributed by atoms with van der Waals surface area (Å²) in [6, 6.07) is 0.694. The van der Waals surface area contributed by atoms with Crippen molar-refractivity contribution in [2.45, 2.75) is 37.8 Å². The standard InChI is InChI=1S/C13H27N3O/c1-15(8-9-16-6-2-3-7-16)11-13(17)10-14-12-4-5-12/h12-14,17H,2-11H2,1H3. The van der Waals surface area contributed by atoms with Crippen LogP contribution in [0.15, 0.2) is 0 Å².